The highest BCUT2D eigenvalue weighted by Gasteiger charge is 2.40. The van der Waals surface area contributed by atoms with Gasteiger partial charge < -0.3 is 14.4 Å². The van der Waals surface area contributed by atoms with E-state index in [1.165, 1.54) is 4.90 Å². The second-order valence-electron chi connectivity index (χ2n) is 6.07. The molecule has 1 aromatic carbocycles. The number of imide groups is 1. The number of aryl methyl sites for hydroxylation is 1. The maximum atomic E-state index is 13.0. The van der Waals surface area contributed by atoms with Crippen molar-refractivity contribution in [2.24, 2.45) is 0 Å². The Kier molecular flexibility index (Phi) is 7.12. The van der Waals surface area contributed by atoms with Crippen LogP contribution in [0.25, 0.3) is 5.57 Å². The van der Waals surface area contributed by atoms with Crippen LogP contribution in [0, 0.1) is 6.92 Å². The van der Waals surface area contributed by atoms with Gasteiger partial charge in [0.15, 0.2) is 0 Å². The summed E-state index contributed by atoms with van der Waals surface area (Å²) in [6.45, 7) is 7.68. The number of rotatable bonds is 10. The fourth-order valence-corrected chi connectivity index (χ4v) is 2.87. The lowest BCUT2D eigenvalue weighted by Gasteiger charge is -2.25. The van der Waals surface area contributed by atoms with Gasteiger partial charge in [-0.15, -0.1) is 6.58 Å². The first-order chi connectivity index (χ1) is 12.5. The molecule has 0 N–H and O–H groups in total. The predicted octanol–water partition coefficient (Wildman–Crippen LogP) is 1.86. The van der Waals surface area contributed by atoms with Crippen LogP contribution in [0.4, 0.5) is 0 Å². The summed E-state index contributed by atoms with van der Waals surface area (Å²) in [6.07, 6.45) is 1.56. The number of amides is 2. The molecule has 26 heavy (non-hydrogen) atoms. The molecule has 6 nitrogen and oxygen atoms in total. The first-order valence-electron chi connectivity index (χ1n) is 8.56. The van der Waals surface area contributed by atoms with Gasteiger partial charge in [0.25, 0.3) is 11.8 Å². The topological polar surface area (TPSA) is 59.1 Å². The van der Waals surface area contributed by atoms with Gasteiger partial charge in [-0.25, -0.2) is 0 Å². The van der Waals surface area contributed by atoms with Crippen LogP contribution in [0.1, 0.15) is 11.1 Å². The van der Waals surface area contributed by atoms with Crippen LogP contribution in [0.15, 0.2) is 42.6 Å². The van der Waals surface area contributed by atoms with Crippen molar-refractivity contribution in [3.63, 3.8) is 0 Å². The normalized spacial score (nSPS) is 14.3. The molecule has 0 atom stereocenters. The molecule has 0 unspecified atom stereocenters. The molecule has 1 heterocycles. The van der Waals surface area contributed by atoms with E-state index < -0.39 is 0 Å². The summed E-state index contributed by atoms with van der Waals surface area (Å²) in [5.41, 5.74) is 2.64. The van der Waals surface area contributed by atoms with Crippen molar-refractivity contribution in [3.05, 3.63) is 53.7 Å². The van der Waals surface area contributed by atoms with Crippen molar-refractivity contribution in [3.8, 4) is 0 Å². The van der Waals surface area contributed by atoms with Crippen molar-refractivity contribution in [1.82, 2.24) is 9.80 Å². The summed E-state index contributed by atoms with van der Waals surface area (Å²) < 4.78 is 10.3. The third kappa shape index (κ3) is 4.20. The zero-order valence-electron chi connectivity index (χ0n) is 15.7. The second-order valence-corrected chi connectivity index (χ2v) is 6.07. The molecule has 0 saturated carbocycles. The summed E-state index contributed by atoms with van der Waals surface area (Å²) in [4.78, 5) is 29.1. The van der Waals surface area contributed by atoms with Gasteiger partial charge in [-0.05, 0) is 12.5 Å². The Hall–Kier alpha value is -2.44. The van der Waals surface area contributed by atoms with Gasteiger partial charge in [-0.1, -0.05) is 35.9 Å². The predicted molar refractivity (Wildman–Crippen MR) is 100 cm³/mol. The highest BCUT2D eigenvalue weighted by molar-refractivity contribution is 6.35. The lowest BCUT2D eigenvalue weighted by atomic mass is 10.0. The maximum absolute atomic E-state index is 13.0. The summed E-state index contributed by atoms with van der Waals surface area (Å²) in [7, 11) is 3.21. The van der Waals surface area contributed by atoms with Crippen molar-refractivity contribution < 1.29 is 19.1 Å². The number of hydrogen-bond acceptors (Lipinski definition) is 5. The summed E-state index contributed by atoms with van der Waals surface area (Å²) in [6, 6.07) is 7.61. The Labute approximate surface area is 154 Å². The monoisotopic (exact) mass is 358 g/mol. The van der Waals surface area contributed by atoms with Gasteiger partial charge in [0.1, 0.15) is 5.70 Å². The minimum atomic E-state index is -0.308. The van der Waals surface area contributed by atoms with Gasteiger partial charge in [0, 0.05) is 33.9 Å². The number of carbonyl (C=O) groups excluding carboxylic acids is 2. The highest BCUT2D eigenvalue weighted by atomic mass is 16.5. The van der Waals surface area contributed by atoms with Crippen LogP contribution in [0.5, 0.6) is 0 Å². The number of benzene rings is 1. The summed E-state index contributed by atoms with van der Waals surface area (Å²) >= 11 is 0. The minimum Gasteiger partial charge on any atom is -0.383 e. The molecule has 140 valence electrons. The van der Waals surface area contributed by atoms with E-state index in [9.17, 15) is 9.59 Å². The van der Waals surface area contributed by atoms with Crippen LogP contribution >= 0.6 is 0 Å². The van der Waals surface area contributed by atoms with Crippen LogP contribution in [-0.4, -0.2) is 68.7 Å². The number of hydrogen-bond donors (Lipinski definition) is 0. The molecule has 2 rings (SSSR count). The van der Waals surface area contributed by atoms with E-state index in [4.69, 9.17) is 9.47 Å². The maximum Gasteiger partial charge on any atom is 0.278 e. The molecule has 1 aromatic rings. The summed E-state index contributed by atoms with van der Waals surface area (Å²) in [5.74, 6) is -0.605. The zero-order valence-corrected chi connectivity index (χ0v) is 15.7. The quantitative estimate of drug-likeness (QED) is 0.472. The Balaban J connectivity index is 2.52. The fraction of sp³-hybridized carbons (Fsp3) is 0.400. The van der Waals surface area contributed by atoms with E-state index in [0.717, 1.165) is 11.1 Å². The molecule has 0 bridgehead atoms. The molecule has 1 aliphatic heterocycles. The molecule has 0 aromatic heterocycles. The van der Waals surface area contributed by atoms with Crippen molar-refractivity contribution in [1.29, 1.82) is 0 Å². The van der Waals surface area contributed by atoms with E-state index in [0.29, 0.717) is 37.6 Å². The third-order valence-electron chi connectivity index (χ3n) is 4.24. The number of ether oxygens (including phenoxy) is 2. The average molecular weight is 358 g/mol. The van der Waals surface area contributed by atoms with Crippen molar-refractivity contribution in [2.75, 3.05) is 47.1 Å². The second kappa shape index (κ2) is 9.31. The largest absolute Gasteiger partial charge is 0.383 e. The third-order valence-corrected chi connectivity index (χ3v) is 4.24. The van der Waals surface area contributed by atoms with Crippen LogP contribution in [0.3, 0.4) is 0 Å². The van der Waals surface area contributed by atoms with Crippen LogP contribution in [0.2, 0.25) is 0 Å². The minimum absolute atomic E-state index is 0.179. The first kappa shape index (κ1) is 19.9. The molecule has 1 aliphatic rings. The van der Waals surface area contributed by atoms with Gasteiger partial charge in [-0.3, -0.25) is 14.5 Å². The molecular formula is C20H26N2O4. The summed E-state index contributed by atoms with van der Waals surface area (Å²) in [5, 5.41) is 0. The molecule has 6 heteroatoms. The fourth-order valence-electron chi connectivity index (χ4n) is 2.87. The highest BCUT2D eigenvalue weighted by Crippen LogP contribution is 2.31. The number of carbonyl (C=O) groups is 2. The van der Waals surface area contributed by atoms with Crippen molar-refractivity contribution in [2.45, 2.75) is 6.92 Å². The molecule has 0 fully saturated rings. The SMILES string of the molecule is C=CCN1C(=O)C(c2ccc(C)cc2)=C(N(CCOC)CCOC)C1=O. The van der Waals surface area contributed by atoms with Gasteiger partial charge in [0.2, 0.25) is 0 Å². The molecule has 0 radical (unpaired) electrons. The van der Waals surface area contributed by atoms with Gasteiger partial charge in [0.05, 0.1) is 18.8 Å². The standard InChI is InChI=1S/C20H26N2O4/c1-5-10-22-19(23)17(16-8-6-15(2)7-9-16)18(20(22)24)21(11-13-25-3)12-14-26-4/h5-9H,1,10-14H2,2-4H3. The lowest BCUT2D eigenvalue weighted by molar-refractivity contribution is -0.137. The zero-order chi connectivity index (χ0) is 19.1. The smallest absolute Gasteiger partial charge is 0.278 e. The molecule has 0 saturated heterocycles. The van der Waals surface area contributed by atoms with E-state index >= 15 is 0 Å². The van der Waals surface area contributed by atoms with E-state index in [1.54, 1.807) is 20.3 Å². The Morgan fingerprint density at radius 2 is 1.62 bits per heavy atom. The van der Waals surface area contributed by atoms with E-state index in [2.05, 4.69) is 6.58 Å². The Morgan fingerprint density at radius 1 is 1.04 bits per heavy atom. The van der Waals surface area contributed by atoms with E-state index in [1.807, 2.05) is 36.1 Å². The first-order valence-corrected chi connectivity index (χ1v) is 8.56. The van der Waals surface area contributed by atoms with E-state index in [-0.39, 0.29) is 18.4 Å². The van der Waals surface area contributed by atoms with Gasteiger partial charge >= 0.3 is 0 Å². The van der Waals surface area contributed by atoms with Crippen LogP contribution in [-0.2, 0) is 19.1 Å². The Bertz CT molecular complexity index is 686. The average Bonchev–Trinajstić information content (AvgIpc) is 2.88. The molecule has 0 spiro atoms. The molecular weight excluding hydrogens is 332 g/mol. The number of nitrogens with zero attached hydrogens (tertiary/aromatic N) is 2. The lowest BCUT2D eigenvalue weighted by Crippen LogP contribution is -2.37. The van der Waals surface area contributed by atoms with Gasteiger partial charge in [-0.2, -0.15) is 0 Å². The van der Waals surface area contributed by atoms with Crippen LogP contribution < -0.4 is 0 Å². The Morgan fingerprint density at radius 3 is 2.12 bits per heavy atom. The molecule has 0 aliphatic carbocycles. The van der Waals surface area contributed by atoms with Crippen molar-refractivity contribution >= 4 is 17.4 Å². The molecule has 2 amide bonds. The number of methoxy groups -OCH3 is 2.